The van der Waals surface area contributed by atoms with Crippen LogP contribution in [0.2, 0.25) is 0 Å². The van der Waals surface area contributed by atoms with Crippen LogP contribution in [0, 0.1) is 6.92 Å². The Balaban J connectivity index is 1.56. The molecule has 1 aliphatic rings. The number of aromatic amines is 1. The molecule has 1 fully saturated rings. The number of anilines is 1. The van der Waals surface area contributed by atoms with Crippen molar-refractivity contribution in [1.82, 2.24) is 35.1 Å². The lowest BCUT2D eigenvalue weighted by Gasteiger charge is -2.31. The number of nitrogens with one attached hydrogen (secondary N) is 2. The van der Waals surface area contributed by atoms with Crippen LogP contribution < -0.4 is 10.2 Å². The van der Waals surface area contributed by atoms with E-state index in [1.165, 1.54) is 5.69 Å². The number of hydrogen-bond donors (Lipinski definition) is 2. The summed E-state index contributed by atoms with van der Waals surface area (Å²) in [6.07, 6.45) is 3.51. The van der Waals surface area contributed by atoms with E-state index in [1.54, 1.807) is 17.7 Å². The molecule has 32 heavy (non-hydrogen) atoms. The number of aromatic nitrogens is 6. The first-order valence-corrected chi connectivity index (χ1v) is 11.5. The lowest BCUT2D eigenvalue weighted by molar-refractivity contribution is 0.589. The fraction of sp³-hybridized carbons (Fsp3) is 0.217. The first-order chi connectivity index (χ1) is 15.8. The van der Waals surface area contributed by atoms with E-state index in [2.05, 4.69) is 60.8 Å². The number of benzene rings is 1. The first kappa shape index (κ1) is 19.1. The molecule has 4 aromatic heterocycles. The van der Waals surface area contributed by atoms with Crippen LogP contribution in [0.25, 0.3) is 38.0 Å². The molecule has 6 rings (SSSR count). The summed E-state index contributed by atoms with van der Waals surface area (Å²) in [5.41, 5.74) is 6.29. The standard InChI is InChI=1S/C23H22N8S/c1-15-19(18-8-4-5-11-31(18)29-15)23-27-20(21(32-23)22-25-14-26-28-22)16-6-2-3-7-17(16)30-12-9-24-10-13-30/h2-8,11,14,24H,9-10,12-13H2,1H3,(H,25,26,28). The van der Waals surface area contributed by atoms with Gasteiger partial charge in [-0.2, -0.15) is 10.2 Å². The molecule has 2 N–H and O–H groups in total. The molecule has 5 heterocycles. The average Bonchev–Trinajstić information content (AvgIpc) is 3.57. The van der Waals surface area contributed by atoms with E-state index >= 15 is 0 Å². The Morgan fingerprint density at radius 2 is 1.88 bits per heavy atom. The molecule has 1 aromatic carbocycles. The third-order valence-electron chi connectivity index (χ3n) is 5.80. The van der Waals surface area contributed by atoms with E-state index in [0.717, 1.165) is 69.9 Å². The number of para-hydroxylation sites is 1. The maximum Gasteiger partial charge on any atom is 0.167 e. The highest BCUT2D eigenvalue weighted by Crippen LogP contribution is 2.43. The third kappa shape index (κ3) is 3.17. The normalized spacial score (nSPS) is 14.3. The Kier molecular flexibility index (Phi) is 4.70. The molecule has 0 bridgehead atoms. The van der Waals surface area contributed by atoms with Gasteiger partial charge in [-0.3, -0.25) is 5.10 Å². The van der Waals surface area contributed by atoms with Gasteiger partial charge in [-0.05, 0) is 25.1 Å². The van der Waals surface area contributed by atoms with Crippen LogP contribution in [0.3, 0.4) is 0 Å². The summed E-state index contributed by atoms with van der Waals surface area (Å²) in [5.74, 6) is 0.730. The number of H-pyrrole nitrogens is 1. The zero-order valence-electron chi connectivity index (χ0n) is 17.6. The highest BCUT2D eigenvalue weighted by atomic mass is 32.1. The molecule has 8 nitrogen and oxygen atoms in total. The van der Waals surface area contributed by atoms with Crippen LogP contribution in [0.1, 0.15) is 5.69 Å². The quantitative estimate of drug-likeness (QED) is 0.442. The number of thiazole rings is 1. The van der Waals surface area contributed by atoms with Crippen molar-refractivity contribution in [2.24, 2.45) is 0 Å². The zero-order valence-corrected chi connectivity index (χ0v) is 18.4. The van der Waals surface area contributed by atoms with Crippen molar-refractivity contribution in [3.05, 3.63) is 60.7 Å². The van der Waals surface area contributed by atoms with Crippen molar-refractivity contribution in [2.45, 2.75) is 6.92 Å². The van der Waals surface area contributed by atoms with Gasteiger partial charge in [0.2, 0.25) is 0 Å². The van der Waals surface area contributed by atoms with Crippen LogP contribution in [-0.4, -0.2) is 56.0 Å². The van der Waals surface area contributed by atoms with Gasteiger partial charge in [0.1, 0.15) is 11.3 Å². The largest absolute Gasteiger partial charge is 0.368 e. The number of pyridine rings is 1. The SMILES string of the molecule is Cc1nn2ccccc2c1-c1nc(-c2ccccc2N2CCNCC2)c(-c2ncn[nH]2)s1. The Morgan fingerprint density at radius 1 is 1.03 bits per heavy atom. The maximum atomic E-state index is 5.18. The molecule has 5 aromatic rings. The van der Waals surface area contributed by atoms with Crippen molar-refractivity contribution >= 4 is 22.5 Å². The number of fused-ring (bicyclic) bond motifs is 1. The summed E-state index contributed by atoms with van der Waals surface area (Å²) in [5, 5.41) is 16.2. The molecular formula is C23H22N8S. The van der Waals surface area contributed by atoms with E-state index in [-0.39, 0.29) is 0 Å². The van der Waals surface area contributed by atoms with Crippen molar-refractivity contribution < 1.29 is 0 Å². The van der Waals surface area contributed by atoms with E-state index in [9.17, 15) is 0 Å². The van der Waals surface area contributed by atoms with E-state index in [4.69, 9.17) is 4.98 Å². The van der Waals surface area contributed by atoms with Gasteiger partial charge in [-0.1, -0.05) is 24.3 Å². The predicted octanol–water partition coefficient (Wildman–Crippen LogP) is 3.63. The van der Waals surface area contributed by atoms with Crippen LogP contribution >= 0.6 is 11.3 Å². The number of aryl methyl sites for hydroxylation is 1. The summed E-state index contributed by atoms with van der Waals surface area (Å²) in [7, 11) is 0. The van der Waals surface area contributed by atoms with E-state index in [0.29, 0.717) is 0 Å². The van der Waals surface area contributed by atoms with Gasteiger partial charge in [0.25, 0.3) is 0 Å². The second-order valence-electron chi connectivity index (χ2n) is 7.78. The highest BCUT2D eigenvalue weighted by molar-refractivity contribution is 7.19. The number of hydrogen-bond acceptors (Lipinski definition) is 7. The number of piperazine rings is 1. The van der Waals surface area contributed by atoms with Crippen molar-refractivity contribution in [2.75, 3.05) is 31.1 Å². The lowest BCUT2D eigenvalue weighted by atomic mass is 10.1. The Bertz CT molecular complexity index is 1380. The van der Waals surface area contributed by atoms with Gasteiger partial charge in [0.05, 0.1) is 27.3 Å². The summed E-state index contributed by atoms with van der Waals surface area (Å²) in [4.78, 5) is 13.0. The smallest absolute Gasteiger partial charge is 0.167 e. The fourth-order valence-electron chi connectivity index (χ4n) is 4.32. The topological polar surface area (TPSA) is 87.0 Å². The third-order valence-corrected chi connectivity index (χ3v) is 6.88. The van der Waals surface area contributed by atoms with Crippen LogP contribution in [0.5, 0.6) is 0 Å². The van der Waals surface area contributed by atoms with Crippen LogP contribution in [-0.2, 0) is 0 Å². The van der Waals surface area contributed by atoms with Gasteiger partial charge in [-0.25, -0.2) is 14.5 Å². The highest BCUT2D eigenvalue weighted by Gasteiger charge is 2.24. The molecule has 1 saturated heterocycles. The Hall–Kier alpha value is -3.56. The predicted molar refractivity (Wildman–Crippen MR) is 127 cm³/mol. The summed E-state index contributed by atoms with van der Waals surface area (Å²) < 4.78 is 1.91. The number of nitrogens with zero attached hydrogens (tertiary/aromatic N) is 6. The molecule has 0 unspecified atom stereocenters. The monoisotopic (exact) mass is 442 g/mol. The minimum absolute atomic E-state index is 0.730. The summed E-state index contributed by atoms with van der Waals surface area (Å²) in [6.45, 7) is 5.93. The number of rotatable bonds is 4. The lowest BCUT2D eigenvalue weighted by Crippen LogP contribution is -2.43. The van der Waals surface area contributed by atoms with Crippen LogP contribution in [0.4, 0.5) is 5.69 Å². The average molecular weight is 443 g/mol. The fourth-order valence-corrected chi connectivity index (χ4v) is 5.45. The van der Waals surface area contributed by atoms with Crippen LogP contribution in [0.15, 0.2) is 55.0 Å². The maximum absolute atomic E-state index is 5.18. The van der Waals surface area contributed by atoms with E-state index in [1.807, 2.05) is 29.8 Å². The summed E-state index contributed by atoms with van der Waals surface area (Å²) in [6, 6.07) is 14.6. The van der Waals surface area contributed by atoms with E-state index < -0.39 is 0 Å². The minimum atomic E-state index is 0.730. The van der Waals surface area contributed by atoms with Gasteiger partial charge >= 0.3 is 0 Å². The molecule has 0 amide bonds. The van der Waals surface area contributed by atoms with Gasteiger partial charge in [-0.15, -0.1) is 11.3 Å². The second kappa shape index (κ2) is 7.85. The van der Waals surface area contributed by atoms with Gasteiger partial charge < -0.3 is 10.2 Å². The zero-order chi connectivity index (χ0) is 21.5. The van der Waals surface area contributed by atoms with Gasteiger partial charge in [0, 0.05) is 43.6 Å². The van der Waals surface area contributed by atoms with Crippen molar-refractivity contribution in [3.63, 3.8) is 0 Å². The molecule has 9 heteroatoms. The second-order valence-corrected chi connectivity index (χ2v) is 8.77. The Labute approximate surface area is 189 Å². The van der Waals surface area contributed by atoms with Crippen molar-refractivity contribution in [1.29, 1.82) is 0 Å². The molecule has 0 spiro atoms. The van der Waals surface area contributed by atoms with Gasteiger partial charge in [0.15, 0.2) is 5.82 Å². The Morgan fingerprint density at radius 3 is 2.72 bits per heavy atom. The molecular weight excluding hydrogens is 420 g/mol. The molecule has 160 valence electrons. The molecule has 0 saturated carbocycles. The van der Waals surface area contributed by atoms with Crippen molar-refractivity contribution in [3.8, 4) is 32.5 Å². The molecule has 0 aliphatic carbocycles. The molecule has 0 radical (unpaired) electrons. The molecule has 1 aliphatic heterocycles. The first-order valence-electron chi connectivity index (χ1n) is 10.7. The minimum Gasteiger partial charge on any atom is -0.368 e. The molecule has 0 atom stereocenters. The summed E-state index contributed by atoms with van der Waals surface area (Å²) >= 11 is 1.63.